The fraction of sp³-hybridized carbons (Fsp3) is 0.381. The molecule has 3 atom stereocenters. The molecule has 1 saturated heterocycles. The highest BCUT2D eigenvalue weighted by molar-refractivity contribution is 6.32. The van der Waals surface area contributed by atoms with Crippen LogP contribution in [0.1, 0.15) is 13.3 Å². The number of nitrogens with one attached hydrogen (secondary N) is 2. The summed E-state index contributed by atoms with van der Waals surface area (Å²) in [7, 11) is 2.64. The first kappa shape index (κ1) is 25.6. The molecule has 3 unspecified atom stereocenters. The molecule has 30 heavy (non-hydrogen) atoms. The highest BCUT2D eigenvalue weighted by Gasteiger charge is 2.30. The van der Waals surface area contributed by atoms with Gasteiger partial charge in [-0.25, -0.2) is 8.78 Å². The van der Waals surface area contributed by atoms with Crippen molar-refractivity contribution in [2.75, 3.05) is 20.8 Å². The third-order valence-corrected chi connectivity index (χ3v) is 4.79. The van der Waals surface area contributed by atoms with Crippen LogP contribution in [0, 0.1) is 5.92 Å². The zero-order valence-corrected chi connectivity index (χ0v) is 17.9. The Morgan fingerprint density at radius 1 is 1.50 bits per heavy atom. The molecule has 6 nitrogen and oxygen atoms in total. The normalized spacial score (nSPS) is 22.2. The van der Waals surface area contributed by atoms with Crippen molar-refractivity contribution in [2.45, 2.75) is 25.5 Å². The predicted molar refractivity (Wildman–Crippen MR) is 112 cm³/mol. The number of hydrogen-bond acceptors (Lipinski definition) is 5. The Kier molecular flexibility index (Phi) is 10.5. The van der Waals surface area contributed by atoms with Gasteiger partial charge in [0, 0.05) is 30.5 Å². The van der Waals surface area contributed by atoms with Gasteiger partial charge in [0.25, 0.3) is 0 Å². The summed E-state index contributed by atoms with van der Waals surface area (Å²) in [5.41, 5.74) is 1.15. The summed E-state index contributed by atoms with van der Waals surface area (Å²) in [6, 6.07) is -1.04. The molecule has 1 aliphatic rings. The van der Waals surface area contributed by atoms with E-state index in [1.807, 2.05) is 0 Å². The SMILES string of the molecule is C=C/C(=C(Cl)\C(F)=C\OC)C(NC(/C=C/F)=C1/C(=C)NC(=O)CC1C)C(O)COC. The minimum atomic E-state index is -1.21. The molecule has 1 rings (SSSR count). The number of rotatable bonds is 10. The van der Waals surface area contributed by atoms with Crippen molar-refractivity contribution in [3.8, 4) is 0 Å². The summed E-state index contributed by atoms with van der Waals surface area (Å²) >= 11 is 6.15. The van der Waals surface area contributed by atoms with Gasteiger partial charge in [-0.2, -0.15) is 0 Å². The average molecular weight is 445 g/mol. The lowest BCUT2D eigenvalue weighted by Gasteiger charge is -2.31. The summed E-state index contributed by atoms with van der Waals surface area (Å²) < 4.78 is 37.1. The fourth-order valence-corrected chi connectivity index (χ4v) is 3.37. The Hall–Kier alpha value is -2.42. The zero-order chi connectivity index (χ0) is 22.8. The Balaban J connectivity index is 3.57. The van der Waals surface area contributed by atoms with E-state index in [9.17, 15) is 18.7 Å². The van der Waals surface area contributed by atoms with E-state index in [4.69, 9.17) is 16.3 Å². The summed E-state index contributed by atoms with van der Waals surface area (Å²) in [5.74, 6) is -1.39. The van der Waals surface area contributed by atoms with Gasteiger partial charge < -0.3 is 25.2 Å². The maximum absolute atomic E-state index is 14.3. The van der Waals surface area contributed by atoms with Crippen LogP contribution in [0.15, 0.2) is 71.3 Å². The summed E-state index contributed by atoms with van der Waals surface area (Å²) in [6.45, 7) is 9.11. The maximum Gasteiger partial charge on any atom is 0.224 e. The van der Waals surface area contributed by atoms with Gasteiger partial charge in [-0.15, -0.1) is 0 Å². The number of piperidine rings is 1. The van der Waals surface area contributed by atoms with Crippen molar-refractivity contribution in [3.63, 3.8) is 0 Å². The average Bonchev–Trinajstić information content (AvgIpc) is 2.67. The third-order valence-electron chi connectivity index (χ3n) is 4.39. The van der Waals surface area contributed by atoms with Crippen LogP contribution in [0.25, 0.3) is 0 Å². The molecular weight excluding hydrogens is 418 g/mol. The molecule has 0 aliphatic carbocycles. The summed E-state index contributed by atoms with van der Waals surface area (Å²) in [4.78, 5) is 11.7. The van der Waals surface area contributed by atoms with Gasteiger partial charge in [0.15, 0.2) is 5.83 Å². The molecular formula is C21H27ClF2N2O4. The van der Waals surface area contributed by atoms with E-state index >= 15 is 0 Å². The van der Waals surface area contributed by atoms with Crippen molar-refractivity contribution in [1.29, 1.82) is 0 Å². The van der Waals surface area contributed by atoms with Gasteiger partial charge in [0.05, 0.1) is 31.1 Å². The number of aliphatic hydroxyl groups is 1. The monoisotopic (exact) mass is 444 g/mol. The van der Waals surface area contributed by atoms with Crippen molar-refractivity contribution in [1.82, 2.24) is 10.6 Å². The lowest BCUT2D eigenvalue weighted by Crippen LogP contribution is -2.44. The lowest BCUT2D eigenvalue weighted by atomic mass is 9.88. The van der Waals surface area contributed by atoms with E-state index in [2.05, 4.69) is 28.5 Å². The number of aliphatic hydroxyl groups excluding tert-OH is 1. The Labute approximate surface area is 180 Å². The predicted octanol–water partition coefficient (Wildman–Crippen LogP) is 3.50. The quantitative estimate of drug-likeness (QED) is 0.355. The number of carbonyl (C=O) groups excluding carboxylic acids is 1. The number of amides is 1. The topological polar surface area (TPSA) is 79.8 Å². The van der Waals surface area contributed by atoms with Crippen LogP contribution in [-0.4, -0.2) is 44.0 Å². The van der Waals surface area contributed by atoms with E-state index in [-0.39, 0.29) is 41.2 Å². The first-order chi connectivity index (χ1) is 14.2. The fourth-order valence-electron chi connectivity index (χ4n) is 3.13. The molecule has 1 aliphatic heterocycles. The minimum Gasteiger partial charge on any atom is -0.501 e. The van der Waals surface area contributed by atoms with E-state index in [0.717, 1.165) is 12.3 Å². The van der Waals surface area contributed by atoms with Crippen molar-refractivity contribution in [3.05, 3.63) is 71.3 Å². The van der Waals surface area contributed by atoms with Gasteiger partial charge >= 0.3 is 0 Å². The first-order valence-electron chi connectivity index (χ1n) is 9.06. The second-order valence-corrected chi connectivity index (χ2v) is 6.95. The molecule has 1 fully saturated rings. The van der Waals surface area contributed by atoms with Crippen LogP contribution in [0.3, 0.4) is 0 Å². The van der Waals surface area contributed by atoms with Gasteiger partial charge in [-0.3, -0.25) is 4.79 Å². The number of halogens is 3. The second kappa shape index (κ2) is 12.3. The number of methoxy groups -OCH3 is 2. The standard InChI is InChI=1S/C21H27ClF2N2O4/c1-6-14(20(22)15(24)10-29-4)21(17(27)11-30-5)26-16(7-8-23)19-12(2)9-18(28)25-13(19)3/h6-8,10,12,17,21,26-27H,1,3,9,11H2,2,4-5H3,(H,25,28)/b8-7+,15-10-,19-16+,20-14-. The Bertz CT molecular complexity index is 790. The van der Waals surface area contributed by atoms with Crippen LogP contribution < -0.4 is 10.6 Å². The smallest absolute Gasteiger partial charge is 0.224 e. The maximum atomic E-state index is 14.3. The number of allylic oxidation sites excluding steroid dienone is 4. The number of carbonyl (C=O) groups is 1. The Morgan fingerprint density at radius 3 is 2.67 bits per heavy atom. The molecule has 0 bridgehead atoms. The molecule has 1 amide bonds. The van der Waals surface area contributed by atoms with Gasteiger partial charge in [-0.05, 0) is 17.6 Å². The lowest BCUT2D eigenvalue weighted by molar-refractivity contribution is -0.121. The highest BCUT2D eigenvalue weighted by Crippen LogP contribution is 2.30. The molecule has 0 spiro atoms. The summed E-state index contributed by atoms with van der Waals surface area (Å²) in [5, 5.41) is 15.9. The molecule has 166 valence electrons. The van der Waals surface area contributed by atoms with Crippen molar-refractivity contribution >= 4 is 17.5 Å². The van der Waals surface area contributed by atoms with Gasteiger partial charge in [0.2, 0.25) is 5.91 Å². The minimum absolute atomic E-state index is 0.0930. The molecule has 0 aromatic carbocycles. The number of ether oxygens (including phenoxy) is 2. The van der Waals surface area contributed by atoms with E-state index < -0.39 is 18.0 Å². The highest BCUT2D eigenvalue weighted by atomic mass is 35.5. The second-order valence-electron chi connectivity index (χ2n) is 6.57. The molecule has 0 aromatic heterocycles. The van der Waals surface area contributed by atoms with Crippen LogP contribution in [-0.2, 0) is 14.3 Å². The van der Waals surface area contributed by atoms with E-state index in [0.29, 0.717) is 17.6 Å². The molecule has 0 saturated carbocycles. The van der Waals surface area contributed by atoms with E-state index in [1.54, 1.807) is 6.92 Å². The molecule has 9 heteroatoms. The first-order valence-corrected chi connectivity index (χ1v) is 9.44. The van der Waals surface area contributed by atoms with Gasteiger partial charge in [0.1, 0.15) is 12.4 Å². The van der Waals surface area contributed by atoms with Crippen molar-refractivity contribution < 1.29 is 28.2 Å². The van der Waals surface area contributed by atoms with Crippen LogP contribution in [0.5, 0.6) is 0 Å². The summed E-state index contributed by atoms with van der Waals surface area (Å²) in [6.07, 6.45) is 2.45. The molecule has 1 heterocycles. The van der Waals surface area contributed by atoms with Gasteiger partial charge in [-0.1, -0.05) is 37.8 Å². The molecule has 0 aromatic rings. The largest absolute Gasteiger partial charge is 0.501 e. The van der Waals surface area contributed by atoms with Crippen LogP contribution in [0.4, 0.5) is 8.78 Å². The Morgan fingerprint density at radius 2 is 2.17 bits per heavy atom. The van der Waals surface area contributed by atoms with Crippen molar-refractivity contribution in [2.24, 2.45) is 5.92 Å². The van der Waals surface area contributed by atoms with Crippen LogP contribution in [0.2, 0.25) is 0 Å². The third kappa shape index (κ3) is 6.55. The van der Waals surface area contributed by atoms with E-state index in [1.165, 1.54) is 20.3 Å². The van der Waals surface area contributed by atoms with Crippen LogP contribution >= 0.6 is 11.6 Å². The molecule has 3 N–H and O–H groups in total. The molecule has 0 radical (unpaired) electrons. The number of hydrogen-bond donors (Lipinski definition) is 3. The zero-order valence-electron chi connectivity index (χ0n) is 17.2.